The molecule has 19 heavy (non-hydrogen) atoms. The number of ether oxygens (including phenoxy) is 1. The molecule has 1 aliphatic rings. The molecule has 2 aromatic rings. The molecule has 1 aromatic heterocycles. The summed E-state index contributed by atoms with van der Waals surface area (Å²) in [5.41, 5.74) is 3.47. The van der Waals surface area contributed by atoms with Crippen LogP contribution in [0.2, 0.25) is 0 Å². The summed E-state index contributed by atoms with van der Waals surface area (Å²) in [6.45, 7) is 6.15. The smallest absolute Gasteiger partial charge is 0.121 e. The number of hydrogen-bond donors (Lipinski definition) is 1. The number of aromatic amines is 1. The van der Waals surface area contributed by atoms with Crippen LogP contribution in [0, 0.1) is 12.8 Å². The number of likely N-dealkylation sites (tertiary alicyclic amines) is 1. The fourth-order valence-electron chi connectivity index (χ4n) is 2.89. The van der Waals surface area contributed by atoms with Gasteiger partial charge in [-0.15, -0.1) is 0 Å². The fourth-order valence-corrected chi connectivity index (χ4v) is 2.89. The van der Waals surface area contributed by atoms with Crippen LogP contribution in [-0.4, -0.2) is 41.7 Å². The highest BCUT2D eigenvalue weighted by Crippen LogP contribution is 2.19. The minimum atomic E-state index is 0.677. The minimum absolute atomic E-state index is 0.677. The Balaban J connectivity index is 1.68. The Kier molecular flexibility index (Phi) is 3.53. The third-order valence-electron chi connectivity index (χ3n) is 3.83. The van der Waals surface area contributed by atoms with E-state index in [2.05, 4.69) is 40.0 Å². The summed E-state index contributed by atoms with van der Waals surface area (Å²) in [5.74, 6) is 1.75. The van der Waals surface area contributed by atoms with Gasteiger partial charge in [0.15, 0.2) is 0 Å². The van der Waals surface area contributed by atoms with Crippen molar-refractivity contribution in [3.63, 3.8) is 0 Å². The second-order valence-corrected chi connectivity index (χ2v) is 5.55. The first-order chi connectivity index (χ1) is 9.24. The molecule has 0 spiro atoms. The van der Waals surface area contributed by atoms with Gasteiger partial charge in [0.1, 0.15) is 5.82 Å². The summed E-state index contributed by atoms with van der Waals surface area (Å²) in [5, 5.41) is 0. The van der Waals surface area contributed by atoms with E-state index in [1.54, 1.807) is 7.11 Å². The van der Waals surface area contributed by atoms with Crippen molar-refractivity contribution >= 4 is 11.0 Å². The normalized spacial score (nSPS) is 20.4. The van der Waals surface area contributed by atoms with E-state index in [4.69, 9.17) is 4.74 Å². The number of hydrogen-bond acceptors (Lipinski definition) is 3. The highest BCUT2D eigenvalue weighted by molar-refractivity contribution is 5.75. The zero-order valence-corrected chi connectivity index (χ0v) is 11.6. The Bertz CT molecular complexity index is 564. The minimum Gasteiger partial charge on any atom is -0.384 e. The van der Waals surface area contributed by atoms with Crippen LogP contribution in [0.1, 0.15) is 17.8 Å². The van der Waals surface area contributed by atoms with Gasteiger partial charge in [0.05, 0.1) is 24.2 Å². The van der Waals surface area contributed by atoms with Gasteiger partial charge in [-0.25, -0.2) is 4.98 Å². The molecule has 1 saturated heterocycles. The van der Waals surface area contributed by atoms with Crippen LogP contribution >= 0.6 is 0 Å². The summed E-state index contributed by atoms with van der Waals surface area (Å²) >= 11 is 0. The largest absolute Gasteiger partial charge is 0.384 e. The standard InChI is InChI=1S/C15H21N3O/c1-11-3-4-13-14(7-11)17-15(16-13)9-18-6-5-12(8-18)10-19-2/h3-4,7,12H,5-6,8-10H2,1-2H3,(H,16,17)/t12-/m1/s1. The average molecular weight is 259 g/mol. The maximum Gasteiger partial charge on any atom is 0.121 e. The van der Waals surface area contributed by atoms with Crippen molar-refractivity contribution in [1.29, 1.82) is 0 Å². The van der Waals surface area contributed by atoms with E-state index in [1.165, 1.54) is 12.0 Å². The van der Waals surface area contributed by atoms with Gasteiger partial charge in [0.25, 0.3) is 0 Å². The molecule has 1 aliphatic heterocycles. The molecular weight excluding hydrogens is 238 g/mol. The van der Waals surface area contributed by atoms with Gasteiger partial charge in [-0.1, -0.05) is 6.07 Å². The number of H-pyrrole nitrogens is 1. The summed E-state index contributed by atoms with van der Waals surface area (Å²) in [6.07, 6.45) is 1.23. The lowest BCUT2D eigenvalue weighted by Gasteiger charge is -2.13. The number of fused-ring (bicyclic) bond motifs is 1. The number of nitrogens with zero attached hydrogens (tertiary/aromatic N) is 2. The van der Waals surface area contributed by atoms with Crippen molar-refractivity contribution in [3.8, 4) is 0 Å². The molecule has 1 aromatic carbocycles. The number of methoxy groups -OCH3 is 1. The van der Waals surface area contributed by atoms with Crippen molar-refractivity contribution in [2.45, 2.75) is 19.9 Å². The lowest BCUT2D eigenvalue weighted by Crippen LogP contribution is -2.21. The predicted molar refractivity (Wildman–Crippen MR) is 76.1 cm³/mol. The zero-order valence-electron chi connectivity index (χ0n) is 11.6. The fraction of sp³-hybridized carbons (Fsp3) is 0.533. The molecule has 1 N–H and O–H groups in total. The third-order valence-corrected chi connectivity index (χ3v) is 3.83. The maximum atomic E-state index is 5.24. The van der Waals surface area contributed by atoms with E-state index in [1.807, 2.05) is 0 Å². The topological polar surface area (TPSA) is 41.1 Å². The maximum absolute atomic E-state index is 5.24. The van der Waals surface area contributed by atoms with Gasteiger partial charge in [-0.3, -0.25) is 4.90 Å². The molecule has 2 heterocycles. The first-order valence-electron chi connectivity index (χ1n) is 6.91. The first kappa shape index (κ1) is 12.6. The Morgan fingerprint density at radius 2 is 2.37 bits per heavy atom. The van der Waals surface area contributed by atoms with Crippen molar-refractivity contribution < 1.29 is 4.74 Å². The molecule has 3 rings (SSSR count). The summed E-state index contributed by atoms with van der Waals surface area (Å²) < 4.78 is 5.24. The molecule has 4 heteroatoms. The van der Waals surface area contributed by atoms with Gasteiger partial charge < -0.3 is 9.72 Å². The van der Waals surface area contributed by atoms with E-state index in [0.717, 1.165) is 43.1 Å². The summed E-state index contributed by atoms with van der Waals surface area (Å²) in [4.78, 5) is 10.5. The second kappa shape index (κ2) is 5.31. The van der Waals surface area contributed by atoms with E-state index in [-0.39, 0.29) is 0 Å². The second-order valence-electron chi connectivity index (χ2n) is 5.55. The van der Waals surface area contributed by atoms with Crippen molar-refractivity contribution in [2.75, 3.05) is 26.8 Å². The van der Waals surface area contributed by atoms with Crippen LogP contribution in [0.5, 0.6) is 0 Å². The van der Waals surface area contributed by atoms with Crippen LogP contribution in [0.3, 0.4) is 0 Å². The van der Waals surface area contributed by atoms with Crippen LogP contribution in [0.25, 0.3) is 11.0 Å². The Hall–Kier alpha value is -1.39. The molecule has 0 bridgehead atoms. The summed E-state index contributed by atoms with van der Waals surface area (Å²) in [7, 11) is 1.78. The van der Waals surface area contributed by atoms with Crippen LogP contribution in [0.15, 0.2) is 18.2 Å². The Morgan fingerprint density at radius 1 is 1.47 bits per heavy atom. The molecule has 4 nitrogen and oxygen atoms in total. The van der Waals surface area contributed by atoms with Gasteiger partial charge in [-0.2, -0.15) is 0 Å². The molecule has 0 radical (unpaired) electrons. The number of nitrogens with one attached hydrogen (secondary N) is 1. The molecule has 1 fully saturated rings. The Morgan fingerprint density at radius 3 is 3.21 bits per heavy atom. The van der Waals surface area contributed by atoms with Crippen LogP contribution < -0.4 is 0 Å². The lowest BCUT2D eigenvalue weighted by molar-refractivity contribution is 0.152. The zero-order chi connectivity index (χ0) is 13.2. The number of rotatable bonds is 4. The highest BCUT2D eigenvalue weighted by Gasteiger charge is 2.22. The summed E-state index contributed by atoms with van der Waals surface area (Å²) in [6, 6.07) is 6.35. The first-order valence-corrected chi connectivity index (χ1v) is 6.91. The highest BCUT2D eigenvalue weighted by atomic mass is 16.5. The van der Waals surface area contributed by atoms with E-state index >= 15 is 0 Å². The molecule has 1 atom stereocenters. The molecule has 0 aliphatic carbocycles. The van der Waals surface area contributed by atoms with E-state index < -0.39 is 0 Å². The van der Waals surface area contributed by atoms with Crippen molar-refractivity contribution in [1.82, 2.24) is 14.9 Å². The van der Waals surface area contributed by atoms with Crippen molar-refractivity contribution in [2.24, 2.45) is 5.92 Å². The van der Waals surface area contributed by atoms with Gasteiger partial charge in [0, 0.05) is 13.7 Å². The number of aryl methyl sites for hydroxylation is 1. The molecule has 0 amide bonds. The molecule has 102 valence electrons. The lowest BCUT2D eigenvalue weighted by atomic mass is 10.1. The third kappa shape index (κ3) is 2.80. The SMILES string of the molecule is COC[C@@H]1CCN(Cc2nc3ccc(C)cc3[nH]2)C1. The number of benzene rings is 1. The van der Waals surface area contributed by atoms with Crippen LogP contribution in [0.4, 0.5) is 0 Å². The molecule has 0 unspecified atom stereocenters. The predicted octanol–water partition coefficient (Wildman–Crippen LogP) is 2.34. The Labute approximate surface area is 113 Å². The molecular formula is C15H21N3O. The van der Waals surface area contributed by atoms with Gasteiger partial charge in [-0.05, 0) is 43.5 Å². The van der Waals surface area contributed by atoms with Crippen LogP contribution in [-0.2, 0) is 11.3 Å². The molecule has 0 saturated carbocycles. The van der Waals surface area contributed by atoms with Gasteiger partial charge >= 0.3 is 0 Å². The van der Waals surface area contributed by atoms with Gasteiger partial charge in [0.2, 0.25) is 0 Å². The van der Waals surface area contributed by atoms with E-state index in [9.17, 15) is 0 Å². The van der Waals surface area contributed by atoms with Crippen molar-refractivity contribution in [3.05, 3.63) is 29.6 Å². The monoisotopic (exact) mass is 259 g/mol. The number of aromatic nitrogens is 2. The average Bonchev–Trinajstić information content (AvgIpc) is 2.96. The van der Waals surface area contributed by atoms with E-state index in [0.29, 0.717) is 5.92 Å². The number of imidazole rings is 1. The quantitative estimate of drug-likeness (QED) is 0.916.